The van der Waals surface area contributed by atoms with Crippen LogP contribution in [0, 0.1) is 0 Å². The highest BCUT2D eigenvalue weighted by molar-refractivity contribution is 5.98. The molecular formula is C20H22O3. The van der Waals surface area contributed by atoms with Crippen LogP contribution in [-0.2, 0) is 9.53 Å². The topological polar surface area (TPSA) is 43.4 Å². The predicted octanol–water partition coefficient (Wildman–Crippen LogP) is 4.66. The Kier molecular flexibility index (Phi) is 6.55. The van der Waals surface area contributed by atoms with Gasteiger partial charge in [-0.3, -0.25) is 9.59 Å². The van der Waals surface area contributed by atoms with E-state index in [2.05, 4.69) is 6.92 Å². The zero-order valence-corrected chi connectivity index (χ0v) is 13.5. The number of hydrogen-bond donors (Lipinski definition) is 0. The predicted molar refractivity (Wildman–Crippen MR) is 91.3 cm³/mol. The quantitative estimate of drug-likeness (QED) is 0.404. The maximum Gasteiger partial charge on any atom is 0.306 e. The molecule has 0 saturated carbocycles. The SMILES string of the molecule is CCCCCC(=O)OCC(=O)c1ccc(-c2ccccc2)cc1. The Hall–Kier alpha value is -2.42. The smallest absolute Gasteiger partial charge is 0.306 e. The third-order valence-electron chi connectivity index (χ3n) is 3.66. The van der Waals surface area contributed by atoms with Gasteiger partial charge in [-0.05, 0) is 17.5 Å². The van der Waals surface area contributed by atoms with Gasteiger partial charge in [-0.1, -0.05) is 74.4 Å². The molecule has 23 heavy (non-hydrogen) atoms. The molecule has 0 radical (unpaired) electrons. The first-order valence-corrected chi connectivity index (χ1v) is 8.05. The number of ketones is 1. The normalized spacial score (nSPS) is 10.3. The molecule has 0 spiro atoms. The molecule has 0 aromatic heterocycles. The van der Waals surface area contributed by atoms with Crippen molar-refractivity contribution in [2.45, 2.75) is 32.6 Å². The Balaban J connectivity index is 1.87. The summed E-state index contributed by atoms with van der Waals surface area (Å²) in [7, 11) is 0. The lowest BCUT2D eigenvalue weighted by atomic mass is 10.0. The number of Topliss-reactive ketones (excluding diaryl/α,β-unsaturated/α-hetero) is 1. The molecule has 120 valence electrons. The van der Waals surface area contributed by atoms with Crippen LogP contribution in [0.1, 0.15) is 43.0 Å². The van der Waals surface area contributed by atoms with Gasteiger partial charge in [0.2, 0.25) is 0 Å². The Bertz CT molecular complexity index is 630. The lowest BCUT2D eigenvalue weighted by molar-refractivity contribution is -0.142. The van der Waals surface area contributed by atoms with Crippen LogP contribution in [0.5, 0.6) is 0 Å². The summed E-state index contributed by atoms with van der Waals surface area (Å²) in [4.78, 5) is 23.6. The molecule has 2 aromatic rings. The molecule has 2 rings (SSSR count). The molecular weight excluding hydrogens is 288 g/mol. The third-order valence-corrected chi connectivity index (χ3v) is 3.66. The fraction of sp³-hybridized carbons (Fsp3) is 0.300. The molecule has 0 N–H and O–H groups in total. The van der Waals surface area contributed by atoms with Gasteiger partial charge in [-0.2, -0.15) is 0 Å². The minimum Gasteiger partial charge on any atom is -0.457 e. The molecule has 0 aliphatic heterocycles. The lowest BCUT2D eigenvalue weighted by Gasteiger charge is -2.06. The molecule has 3 heteroatoms. The first-order chi connectivity index (χ1) is 11.2. The van der Waals surface area contributed by atoms with Crippen molar-refractivity contribution in [2.24, 2.45) is 0 Å². The van der Waals surface area contributed by atoms with E-state index in [0.29, 0.717) is 12.0 Å². The number of rotatable bonds is 8. The molecule has 3 nitrogen and oxygen atoms in total. The summed E-state index contributed by atoms with van der Waals surface area (Å²) in [6.45, 7) is 1.89. The highest BCUT2D eigenvalue weighted by Crippen LogP contribution is 2.19. The van der Waals surface area contributed by atoms with Gasteiger partial charge in [0.1, 0.15) is 0 Å². The summed E-state index contributed by atoms with van der Waals surface area (Å²) in [5.74, 6) is -0.471. The van der Waals surface area contributed by atoms with E-state index in [9.17, 15) is 9.59 Å². The number of carbonyl (C=O) groups is 2. The van der Waals surface area contributed by atoms with Crippen LogP contribution in [0.4, 0.5) is 0 Å². The van der Waals surface area contributed by atoms with Crippen molar-refractivity contribution in [1.82, 2.24) is 0 Å². The van der Waals surface area contributed by atoms with Crippen molar-refractivity contribution >= 4 is 11.8 Å². The van der Waals surface area contributed by atoms with Crippen LogP contribution in [0.25, 0.3) is 11.1 Å². The van der Waals surface area contributed by atoms with E-state index in [4.69, 9.17) is 4.74 Å². The minimum atomic E-state index is -0.298. The minimum absolute atomic E-state index is 0.173. The number of ether oxygens (including phenoxy) is 1. The van der Waals surface area contributed by atoms with E-state index < -0.39 is 0 Å². The Labute approximate surface area is 137 Å². The first kappa shape index (κ1) is 16.9. The molecule has 0 saturated heterocycles. The molecule has 0 bridgehead atoms. The molecule has 0 aliphatic rings. The zero-order chi connectivity index (χ0) is 16.5. The highest BCUT2D eigenvalue weighted by Gasteiger charge is 2.10. The third kappa shape index (κ3) is 5.37. The zero-order valence-electron chi connectivity index (χ0n) is 13.5. The van der Waals surface area contributed by atoms with Crippen molar-refractivity contribution in [2.75, 3.05) is 6.61 Å². The van der Waals surface area contributed by atoms with Crippen LogP contribution < -0.4 is 0 Å². The summed E-state index contributed by atoms with van der Waals surface area (Å²) in [5.41, 5.74) is 2.72. The lowest BCUT2D eigenvalue weighted by Crippen LogP contribution is -2.13. The molecule has 0 unspecified atom stereocenters. The molecule has 0 atom stereocenters. The highest BCUT2D eigenvalue weighted by atomic mass is 16.5. The molecule has 0 fully saturated rings. The number of benzene rings is 2. The van der Waals surface area contributed by atoms with E-state index in [0.717, 1.165) is 30.4 Å². The van der Waals surface area contributed by atoms with Crippen molar-refractivity contribution in [3.63, 3.8) is 0 Å². The number of esters is 1. The van der Waals surface area contributed by atoms with E-state index in [-0.39, 0.29) is 18.4 Å². The summed E-state index contributed by atoms with van der Waals surface area (Å²) in [5, 5.41) is 0. The van der Waals surface area contributed by atoms with Gasteiger partial charge in [-0.15, -0.1) is 0 Å². The van der Waals surface area contributed by atoms with Crippen LogP contribution in [0.2, 0.25) is 0 Å². The fourth-order valence-corrected chi connectivity index (χ4v) is 2.30. The van der Waals surface area contributed by atoms with Gasteiger partial charge in [-0.25, -0.2) is 0 Å². The second kappa shape index (κ2) is 8.89. The largest absolute Gasteiger partial charge is 0.457 e. The van der Waals surface area contributed by atoms with Crippen LogP contribution in [-0.4, -0.2) is 18.4 Å². The average molecular weight is 310 g/mol. The Morgan fingerprint density at radius 1 is 0.870 bits per heavy atom. The second-order valence-corrected chi connectivity index (χ2v) is 5.48. The maximum atomic E-state index is 12.0. The van der Waals surface area contributed by atoms with Crippen molar-refractivity contribution in [1.29, 1.82) is 0 Å². The van der Waals surface area contributed by atoms with Crippen LogP contribution >= 0.6 is 0 Å². The van der Waals surface area contributed by atoms with E-state index in [1.54, 1.807) is 12.1 Å². The van der Waals surface area contributed by atoms with E-state index in [1.165, 1.54) is 0 Å². The van der Waals surface area contributed by atoms with Crippen molar-refractivity contribution in [3.05, 3.63) is 60.2 Å². The van der Waals surface area contributed by atoms with Gasteiger partial charge in [0.25, 0.3) is 0 Å². The van der Waals surface area contributed by atoms with E-state index >= 15 is 0 Å². The number of hydrogen-bond acceptors (Lipinski definition) is 3. The molecule has 0 aliphatic carbocycles. The van der Waals surface area contributed by atoms with Gasteiger partial charge in [0.05, 0.1) is 0 Å². The molecule has 2 aromatic carbocycles. The Morgan fingerprint density at radius 2 is 1.52 bits per heavy atom. The first-order valence-electron chi connectivity index (χ1n) is 8.05. The Morgan fingerprint density at radius 3 is 2.17 bits per heavy atom. The molecule has 0 amide bonds. The fourth-order valence-electron chi connectivity index (χ4n) is 2.30. The summed E-state index contributed by atoms with van der Waals surface area (Å²) < 4.78 is 5.03. The monoisotopic (exact) mass is 310 g/mol. The summed E-state index contributed by atoms with van der Waals surface area (Å²) in [6.07, 6.45) is 3.26. The second-order valence-electron chi connectivity index (χ2n) is 5.48. The van der Waals surface area contributed by atoms with Crippen LogP contribution in [0.3, 0.4) is 0 Å². The van der Waals surface area contributed by atoms with Gasteiger partial charge < -0.3 is 4.74 Å². The van der Waals surface area contributed by atoms with Gasteiger partial charge >= 0.3 is 5.97 Å². The number of carbonyl (C=O) groups excluding carboxylic acids is 2. The standard InChI is InChI=1S/C20H22O3/c1-2-3-5-10-20(22)23-15-19(21)18-13-11-17(12-14-18)16-8-6-4-7-9-16/h4,6-9,11-14H,2-3,5,10,15H2,1H3. The average Bonchev–Trinajstić information content (AvgIpc) is 2.61. The maximum absolute atomic E-state index is 12.0. The van der Waals surface area contributed by atoms with Gasteiger partial charge in [0.15, 0.2) is 12.4 Å². The number of unbranched alkanes of at least 4 members (excludes halogenated alkanes) is 2. The summed E-state index contributed by atoms with van der Waals surface area (Å²) in [6, 6.07) is 17.3. The van der Waals surface area contributed by atoms with Gasteiger partial charge in [0, 0.05) is 12.0 Å². The van der Waals surface area contributed by atoms with Crippen molar-refractivity contribution in [3.8, 4) is 11.1 Å². The van der Waals surface area contributed by atoms with Crippen LogP contribution in [0.15, 0.2) is 54.6 Å². The van der Waals surface area contributed by atoms with Crippen molar-refractivity contribution < 1.29 is 14.3 Å². The van der Waals surface area contributed by atoms with E-state index in [1.807, 2.05) is 42.5 Å². The summed E-state index contributed by atoms with van der Waals surface area (Å²) >= 11 is 0. The molecule has 0 heterocycles.